The second-order valence-corrected chi connectivity index (χ2v) is 7.79. The Morgan fingerprint density at radius 2 is 1.96 bits per heavy atom. The van der Waals surface area contributed by atoms with Crippen molar-refractivity contribution in [2.24, 2.45) is 7.05 Å². The molecule has 0 fully saturated rings. The van der Waals surface area contributed by atoms with Crippen LogP contribution in [0.5, 0.6) is 0 Å². The molecule has 5 nitrogen and oxygen atoms in total. The fourth-order valence-electron chi connectivity index (χ4n) is 2.51. The van der Waals surface area contributed by atoms with E-state index in [4.69, 9.17) is 0 Å². The van der Waals surface area contributed by atoms with Crippen molar-refractivity contribution < 1.29 is 4.79 Å². The van der Waals surface area contributed by atoms with Crippen molar-refractivity contribution in [2.75, 3.05) is 11.1 Å². The molecular formula is C18H20N4OS2. The number of anilines is 1. The van der Waals surface area contributed by atoms with E-state index < -0.39 is 0 Å². The third kappa shape index (κ3) is 4.29. The van der Waals surface area contributed by atoms with Crippen molar-refractivity contribution in [3.05, 3.63) is 57.5 Å². The van der Waals surface area contributed by atoms with Crippen LogP contribution in [-0.2, 0) is 18.3 Å². The summed E-state index contributed by atoms with van der Waals surface area (Å²) >= 11 is 3.11. The van der Waals surface area contributed by atoms with Gasteiger partial charge in [-0.1, -0.05) is 36.0 Å². The number of nitrogens with zero attached hydrogens (tertiary/aromatic N) is 3. The number of carbonyl (C=O) groups is 1. The van der Waals surface area contributed by atoms with Crippen LogP contribution in [0.4, 0.5) is 5.69 Å². The summed E-state index contributed by atoms with van der Waals surface area (Å²) in [6.45, 7) is 3.99. The van der Waals surface area contributed by atoms with E-state index in [1.165, 1.54) is 16.6 Å². The molecule has 0 atom stereocenters. The third-order valence-corrected chi connectivity index (χ3v) is 5.81. The second kappa shape index (κ2) is 7.84. The molecule has 1 amide bonds. The van der Waals surface area contributed by atoms with Crippen molar-refractivity contribution in [2.45, 2.75) is 25.4 Å². The molecule has 0 radical (unpaired) electrons. The number of carbonyl (C=O) groups excluding carboxylic acids is 1. The molecular weight excluding hydrogens is 352 g/mol. The molecule has 0 saturated heterocycles. The number of thiophene rings is 1. The van der Waals surface area contributed by atoms with Crippen LogP contribution < -0.4 is 5.32 Å². The molecule has 3 aromatic rings. The number of amides is 1. The van der Waals surface area contributed by atoms with E-state index >= 15 is 0 Å². The first-order chi connectivity index (χ1) is 12.0. The Hall–Kier alpha value is -2.12. The van der Waals surface area contributed by atoms with Crippen LogP contribution in [0.3, 0.4) is 0 Å². The van der Waals surface area contributed by atoms with Gasteiger partial charge in [-0.15, -0.1) is 21.5 Å². The van der Waals surface area contributed by atoms with Gasteiger partial charge in [-0.25, -0.2) is 0 Å². The van der Waals surface area contributed by atoms with Gasteiger partial charge in [0.25, 0.3) is 0 Å². The van der Waals surface area contributed by atoms with Gasteiger partial charge in [0, 0.05) is 24.0 Å². The number of nitrogens with one attached hydrogen (secondary N) is 1. The highest BCUT2D eigenvalue weighted by atomic mass is 32.2. The van der Waals surface area contributed by atoms with E-state index in [1.54, 1.807) is 11.3 Å². The molecule has 25 heavy (non-hydrogen) atoms. The third-order valence-electron chi connectivity index (χ3n) is 3.92. The Balaban J connectivity index is 1.60. The molecule has 0 bridgehead atoms. The minimum Gasteiger partial charge on any atom is -0.325 e. The predicted molar refractivity (Wildman–Crippen MR) is 103 cm³/mol. The van der Waals surface area contributed by atoms with Crippen LogP contribution >= 0.6 is 23.1 Å². The first-order valence-corrected chi connectivity index (χ1v) is 9.80. The maximum atomic E-state index is 12.3. The molecule has 0 saturated carbocycles. The van der Waals surface area contributed by atoms with Crippen molar-refractivity contribution in [3.63, 3.8) is 0 Å². The fourth-order valence-corrected chi connectivity index (χ4v) is 3.94. The molecule has 2 aromatic heterocycles. The minimum atomic E-state index is -0.0368. The monoisotopic (exact) mass is 372 g/mol. The van der Waals surface area contributed by atoms with Crippen molar-refractivity contribution in [1.29, 1.82) is 0 Å². The lowest BCUT2D eigenvalue weighted by Crippen LogP contribution is -2.16. The van der Waals surface area contributed by atoms with Crippen LogP contribution in [0.25, 0.3) is 0 Å². The van der Waals surface area contributed by atoms with Gasteiger partial charge in [0.05, 0.1) is 5.75 Å². The normalized spacial score (nSPS) is 10.8. The number of benzene rings is 1. The van der Waals surface area contributed by atoms with Gasteiger partial charge in [-0.2, -0.15) is 0 Å². The summed E-state index contributed by atoms with van der Waals surface area (Å²) < 4.78 is 1.96. The number of hydrogen-bond acceptors (Lipinski definition) is 5. The molecule has 2 heterocycles. The molecule has 0 spiro atoms. The smallest absolute Gasteiger partial charge is 0.234 e. The van der Waals surface area contributed by atoms with Crippen LogP contribution in [0.15, 0.2) is 40.9 Å². The number of hydrogen-bond donors (Lipinski definition) is 1. The summed E-state index contributed by atoms with van der Waals surface area (Å²) in [5.41, 5.74) is 3.02. The number of thioether (sulfide) groups is 1. The van der Waals surface area contributed by atoms with E-state index in [2.05, 4.69) is 27.0 Å². The average Bonchev–Trinajstić information content (AvgIpc) is 3.21. The quantitative estimate of drug-likeness (QED) is 0.668. The van der Waals surface area contributed by atoms with E-state index in [-0.39, 0.29) is 5.91 Å². The first kappa shape index (κ1) is 17.7. The van der Waals surface area contributed by atoms with Gasteiger partial charge in [0.2, 0.25) is 5.91 Å². The van der Waals surface area contributed by atoms with Crippen LogP contribution in [0.2, 0.25) is 0 Å². The number of rotatable bonds is 6. The summed E-state index contributed by atoms with van der Waals surface area (Å²) in [7, 11) is 1.94. The van der Waals surface area contributed by atoms with Gasteiger partial charge in [0.15, 0.2) is 5.16 Å². The zero-order valence-corrected chi connectivity index (χ0v) is 16.1. The lowest BCUT2D eigenvalue weighted by molar-refractivity contribution is -0.113. The zero-order valence-electron chi connectivity index (χ0n) is 14.4. The lowest BCUT2D eigenvalue weighted by Gasteiger charge is -2.11. The summed E-state index contributed by atoms with van der Waals surface area (Å²) in [4.78, 5) is 13.5. The Labute approximate surface area is 155 Å². The van der Waals surface area contributed by atoms with E-state index in [0.29, 0.717) is 5.75 Å². The molecule has 0 aliphatic heterocycles. The largest absolute Gasteiger partial charge is 0.325 e. The Morgan fingerprint density at radius 3 is 2.64 bits per heavy atom. The molecule has 1 aromatic carbocycles. The summed E-state index contributed by atoms with van der Waals surface area (Å²) in [5, 5.41) is 14.3. The van der Waals surface area contributed by atoms with Gasteiger partial charge in [-0.05, 0) is 36.4 Å². The highest BCUT2D eigenvalue weighted by Gasteiger charge is 2.13. The molecule has 1 N–H and O–H groups in total. The minimum absolute atomic E-state index is 0.0368. The topological polar surface area (TPSA) is 59.8 Å². The molecule has 130 valence electrons. The maximum Gasteiger partial charge on any atom is 0.234 e. The van der Waals surface area contributed by atoms with Crippen molar-refractivity contribution >= 4 is 34.7 Å². The highest BCUT2D eigenvalue weighted by molar-refractivity contribution is 7.99. The van der Waals surface area contributed by atoms with E-state index in [9.17, 15) is 4.79 Å². The second-order valence-electron chi connectivity index (χ2n) is 5.82. The van der Waals surface area contributed by atoms with Crippen LogP contribution in [-0.4, -0.2) is 26.4 Å². The number of aryl methyl sites for hydroxylation is 2. The van der Waals surface area contributed by atoms with Crippen LogP contribution in [0.1, 0.15) is 21.8 Å². The summed E-state index contributed by atoms with van der Waals surface area (Å²) in [6, 6.07) is 10.1. The van der Waals surface area contributed by atoms with E-state index in [1.807, 2.05) is 49.7 Å². The molecule has 0 unspecified atom stereocenters. The summed E-state index contributed by atoms with van der Waals surface area (Å²) in [6.07, 6.45) is 0.760. The molecule has 0 aliphatic rings. The Kier molecular flexibility index (Phi) is 5.55. The Morgan fingerprint density at radius 1 is 1.20 bits per heavy atom. The standard InChI is InChI=1S/C18H20N4OS2/c1-12-6-4-7-13(2)17(12)19-16(23)11-25-18-21-20-15(22(18)3)10-14-8-5-9-24-14/h4-9H,10-11H2,1-3H3,(H,19,23). The van der Waals surface area contributed by atoms with Crippen molar-refractivity contribution in [3.8, 4) is 0 Å². The average molecular weight is 373 g/mol. The van der Waals surface area contributed by atoms with Gasteiger partial charge in [-0.3, -0.25) is 4.79 Å². The Bertz CT molecular complexity index is 851. The van der Waals surface area contributed by atoms with Gasteiger partial charge in [0.1, 0.15) is 5.82 Å². The fraction of sp³-hybridized carbons (Fsp3) is 0.278. The first-order valence-electron chi connectivity index (χ1n) is 7.94. The predicted octanol–water partition coefficient (Wildman–Crippen LogP) is 3.82. The lowest BCUT2D eigenvalue weighted by atomic mass is 10.1. The number of para-hydroxylation sites is 1. The molecule has 3 rings (SSSR count). The van der Waals surface area contributed by atoms with Crippen molar-refractivity contribution in [1.82, 2.24) is 14.8 Å². The highest BCUT2D eigenvalue weighted by Crippen LogP contribution is 2.22. The van der Waals surface area contributed by atoms with Crippen LogP contribution in [0, 0.1) is 13.8 Å². The molecule has 7 heteroatoms. The maximum absolute atomic E-state index is 12.3. The van der Waals surface area contributed by atoms with Gasteiger partial charge < -0.3 is 9.88 Å². The number of aromatic nitrogens is 3. The SMILES string of the molecule is Cc1cccc(C)c1NC(=O)CSc1nnc(Cc2cccs2)n1C. The molecule has 0 aliphatic carbocycles. The zero-order chi connectivity index (χ0) is 17.8. The summed E-state index contributed by atoms with van der Waals surface area (Å²) in [5.74, 6) is 1.17. The van der Waals surface area contributed by atoms with Gasteiger partial charge >= 0.3 is 0 Å². The van der Waals surface area contributed by atoms with E-state index in [0.717, 1.165) is 34.2 Å².